The summed E-state index contributed by atoms with van der Waals surface area (Å²) in [6.45, 7) is 0.0144. The lowest BCUT2D eigenvalue weighted by Crippen LogP contribution is -2.50. The number of benzene rings is 3. The summed E-state index contributed by atoms with van der Waals surface area (Å²) in [5.41, 5.74) is 2.18. The Labute approximate surface area is 248 Å². The summed E-state index contributed by atoms with van der Waals surface area (Å²) in [5.74, 6) is -3.32. The van der Waals surface area contributed by atoms with Crippen LogP contribution in [-0.2, 0) is 30.8 Å². The molecule has 2 atom stereocenters. The molecule has 3 aromatic carbocycles. The topological polar surface area (TPSA) is 130 Å². The molecule has 3 aromatic rings. The molecule has 1 saturated heterocycles. The van der Waals surface area contributed by atoms with E-state index in [2.05, 4.69) is 5.32 Å². The summed E-state index contributed by atoms with van der Waals surface area (Å²) in [6, 6.07) is 16.8. The van der Waals surface area contributed by atoms with Gasteiger partial charge in [0.15, 0.2) is 0 Å². The Bertz CT molecular complexity index is 1560. The Morgan fingerprint density at radius 2 is 1.78 bits per heavy atom. The molecule has 1 fully saturated rings. The Hall–Kier alpha value is -3.44. The fourth-order valence-corrected chi connectivity index (χ4v) is 6.97. The number of hydrogen-bond acceptors (Lipinski definition) is 6. The molecule has 1 aliphatic heterocycles. The highest BCUT2D eigenvalue weighted by molar-refractivity contribution is 7.89. The third-order valence-corrected chi connectivity index (χ3v) is 9.39. The van der Waals surface area contributed by atoms with Gasteiger partial charge in [-0.15, -0.1) is 0 Å². The van der Waals surface area contributed by atoms with Crippen molar-refractivity contribution in [1.82, 2.24) is 9.62 Å². The van der Waals surface area contributed by atoms with E-state index < -0.39 is 39.8 Å². The van der Waals surface area contributed by atoms with E-state index in [1.54, 1.807) is 42.5 Å². The molecule has 216 valence electrons. The van der Waals surface area contributed by atoms with Crippen molar-refractivity contribution < 1.29 is 32.6 Å². The number of nitrogens with zero attached hydrogens (tertiary/aromatic N) is 1. The predicted molar refractivity (Wildman–Crippen MR) is 154 cm³/mol. The van der Waals surface area contributed by atoms with Crippen LogP contribution < -0.4 is 5.32 Å². The summed E-state index contributed by atoms with van der Waals surface area (Å²) in [6.07, 6.45) is 0.806. The highest BCUT2D eigenvalue weighted by atomic mass is 35.5. The van der Waals surface area contributed by atoms with E-state index in [1.165, 1.54) is 24.3 Å². The van der Waals surface area contributed by atoms with Gasteiger partial charge >= 0.3 is 11.9 Å². The van der Waals surface area contributed by atoms with Gasteiger partial charge in [-0.2, -0.15) is 4.31 Å². The van der Waals surface area contributed by atoms with Gasteiger partial charge < -0.3 is 15.2 Å². The maximum absolute atomic E-state index is 13.4. The number of amides is 1. The third kappa shape index (κ3) is 7.08. The molecule has 1 unspecified atom stereocenters. The van der Waals surface area contributed by atoms with E-state index in [1.807, 2.05) is 0 Å². The maximum atomic E-state index is 13.4. The smallest absolute Gasteiger partial charge is 0.339 e. The van der Waals surface area contributed by atoms with Crippen LogP contribution in [-0.4, -0.2) is 61.9 Å². The summed E-state index contributed by atoms with van der Waals surface area (Å²) < 4.78 is 32.7. The fourth-order valence-electron chi connectivity index (χ4n) is 4.75. The van der Waals surface area contributed by atoms with E-state index in [9.17, 15) is 27.9 Å². The quantitative estimate of drug-likeness (QED) is 0.334. The largest absolute Gasteiger partial charge is 0.480 e. The zero-order chi connectivity index (χ0) is 29.7. The minimum Gasteiger partial charge on any atom is -0.480 e. The SMILES string of the molecule is COC(=O)c1ccccc1S(=O)(=O)N1CCCC(C(=O)N[C@@H](Cc2ccc(-c3ccc(Cl)cc3Cl)cc2)C(=O)O)C1. The monoisotopic (exact) mass is 618 g/mol. The molecule has 1 amide bonds. The number of ether oxygens (including phenoxy) is 1. The van der Waals surface area contributed by atoms with Crippen LogP contribution in [0, 0.1) is 5.92 Å². The standard InChI is InChI=1S/C29H28Cl2N2O7S/c1-40-29(37)23-6-2-3-7-26(23)41(38,39)33-14-4-5-20(17-33)27(34)32-25(28(35)36)15-18-8-10-19(11-9-18)22-13-12-21(30)16-24(22)31/h2-3,6-13,16,20,25H,4-5,14-15,17H2,1H3,(H,32,34)(H,35,36)/t20?,25-/m0/s1. The van der Waals surface area contributed by atoms with Crippen LogP contribution in [0.3, 0.4) is 0 Å². The Kier molecular flexibility index (Phi) is 9.70. The molecule has 0 aliphatic carbocycles. The molecule has 1 heterocycles. The average molecular weight is 620 g/mol. The van der Waals surface area contributed by atoms with Gasteiger partial charge in [-0.3, -0.25) is 4.79 Å². The minimum atomic E-state index is -4.12. The Morgan fingerprint density at radius 1 is 1.07 bits per heavy atom. The van der Waals surface area contributed by atoms with Crippen LogP contribution >= 0.6 is 23.2 Å². The number of carbonyl (C=O) groups excluding carboxylic acids is 2. The first-order chi connectivity index (χ1) is 19.5. The summed E-state index contributed by atoms with van der Waals surface area (Å²) in [4.78, 5) is 37.1. The summed E-state index contributed by atoms with van der Waals surface area (Å²) >= 11 is 12.3. The van der Waals surface area contributed by atoms with Crippen LogP contribution in [0.5, 0.6) is 0 Å². The average Bonchev–Trinajstić information content (AvgIpc) is 2.97. The van der Waals surface area contributed by atoms with Crippen LogP contribution in [0.1, 0.15) is 28.8 Å². The van der Waals surface area contributed by atoms with Crippen LogP contribution in [0.25, 0.3) is 11.1 Å². The van der Waals surface area contributed by atoms with Crippen molar-refractivity contribution in [1.29, 1.82) is 0 Å². The fraction of sp³-hybridized carbons (Fsp3) is 0.276. The molecule has 0 spiro atoms. The van der Waals surface area contributed by atoms with Gasteiger partial charge in [-0.05, 0) is 48.2 Å². The van der Waals surface area contributed by atoms with Gasteiger partial charge in [0.2, 0.25) is 15.9 Å². The van der Waals surface area contributed by atoms with Crippen molar-refractivity contribution in [2.24, 2.45) is 5.92 Å². The molecule has 2 N–H and O–H groups in total. The van der Waals surface area contributed by atoms with Crippen LogP contribution in [0.15, 0.2) is 71.6 Å². The van der Waals surface area contributed by atoms with Crippen LogP contribution in [0.2, 0.25) is 10.0 Å². The number of esters is 1. The first-order valence-corrected chi connectivity index (χ1v) is 15.0. The number of halogens is 2. The first kappa shape index (κ1) is 30.5. The summed E-state index contributed by atoms with van der Waals surface area (Å²) in [5, 5.41) is 13.4. The lowest BCUT2D eigenvalue weighted by Gasteiger charge is -2.32. The predicted octanol–water partition coefficient (Wildman–Crippen LogP) is 4.66. The van der Waals surface area contributed by atoms with Gasteiger partial charge in [0.1, 0.15) is 6.04 Å². The number of hydrogen-bond donors (Lipinski definition) is 2. The van der Waals surface area contributed by atoms with Gasteiger partial charge in [0.25, 0.3) is 0 Å². The molecular formula is C29H28Cl2N2O7S. The lowest BCUT2D eigenvalue weighted by atomic mass is 9.97. The van der Waals surface area contributed by atoms with Crippen molar-refractivity contribution in [3.8, 4) is 11.1 Å². The molecule has 12 heteroatoms. The van der Waals surface area contributed by atoms with Gasteiger partial charge in [0.05, 0.1) is 23.5 Å². The number of carboxylic acid groups (broad SMARTS) is 1. The zero-order valence-corrected chi connectivity index (χ0v) is 24.4. The van der Waals surface area contributed by atoms with E-state index in [0.29, 0.717) is 28.5 Å². The van der Waals surface area contributed by atoms with Gasteiger partial charge in [-0.25, -0.2) is 18.0 Å². The number of aliphatic carboxylic acids is 1. The van der Waals surface area contributed by atoms with E-state index in [-0.39, 0.29) is 30.0 Å². The molecule has 4 rings (SSSR count). The number of methoxy groups -OCH3 is 1. The molecule has 0 radical (unpaired) electrons. The number of nitrogens with one attached hydrogen (secondary N) is 1. The molecule has 9 nitrogen and oxygen atoms in total. The van der Waals surface area contributed by atoms with E-state index >= 15 is 0 Å². The minimum absolute atomic E-state index is 0.0247. The first-order valence-electron chi connectivity index (χ1n) is 12.8. The molecule has 0 saturated carbocycles. The normalized spacial score (nSPS) is 16.5. The van der Waals surface area contributed by atoms with Crippen molar-refractivity contribution in [2.75, 3.05) is 20.2 Å². The number of piperidine rings is 1. The van der Waals surface area contributed by atoms with Crippen molar-refractivity contribution >= 4 is 51.1 Å². The molecule has 1 aliphatic rings. The molecule has 0 aromatic heterocycles. The second-order valence-corrected chi connectivity index (χ2v) is 12.4. The van der Waals surface area contributed by atoms with Crippen molar-refractivity contribution in [3.63, 3.8) is 0 Å². The number of carbonyl (C=O) groups is 3. The lowest BCUT2D eigenvalue weighted by molar-refractivity contribution is -0.142. The van der Waals surface area contributed by atoms with Crippen molar-refractivity contribution in [3.05, 3.63) is 87.9 Å². The number of sulfonamides is 1. The highest BCUT2D eigenvalue weighted by Gasteiger charge is 2.36. The van der Waals surface area contributed by atoms with Gasteiger partial charge in [0, 0.05) is 35.1 Å². The second-order valence-electron chi connectivity index (χ2n) is 9.61. The zero-order valence-electron chi connectivity index (χ0n) is 22.0. The maximum Gasteiger partial charge on any atom is 0.339 e. The van der Waals surface area contributed by atoms with Crippen LogP contribution in [0.4, 0.5) is 0 Å². The number of carboxylic acids is 1. The van der Waals surface area contributed by atoms with E-state index in [0.717, 1.165) is 22.5 Å². The third-order valence-electron chi connectivity index (χ3n) is 6.92. The second kappa shape index (κ2) is 13.0. The van der Waals surface area contributed by atoms with E-state index in [4.69, 9.17) is 27.9 Å². The van der Waals surface area contributed by atoms with Gasteiger partial charge in [-0.1, -0.05) is 65.7 Å². The Morgan fingerprint density at radius 3 is 2.44 bits per heavy atom. The molecule has 41 heavy (non-hydrogen) atoms. The molecular weight excluding hydrogens is 591 g/mol. The Balaban J connectivity index is 1.45. The number of rotatable bonds is 9. The summed E-state index contributed by atoms with van der Waals surface area (Å²) in [7, 11) is -2.96. The highest BCUT2D eigenvalue weighted by Crippen LogP contribution is 2.31. The van der Waals surface area contributed by atoms with Crippen molar-refractivity contribution in [2.45, 2.75) is 30.2 Å². The molecule has 0 bridgehead atoms.